The lowest BCUT2D eigenvalue weighted by Crippen LogP contribution is -2.40. The fourth-order valence-electron chi connectivity index (χ4n) is 3.67. The average Bonchev–Trinajstić information content (AvgIpc) is 3.08. The van der Waals surface area contributed by atoms with Gasteiger partial charge in [-0.25, -0.2) is 9.36 Å². The van der Waals surface area contributed by atoms with Crippen molar-refractivity contribution >= 4 is 29.2 Å². The lowest BCUT2D eigenvalue weighted by Gasteiger charge is -2.31. The van der Waals surface area contributed by atoms with E-state index < -0.39 is 35.9 Å². The molecule has 0 fully saturated rings. The molecular formula is C18H19F3N3O5PS. The number of aromatic nitrogens is 3. The number of nitrogens with zero attached hydrogens (tertiary/aromatic N) is 3. The molecule has 0 amide bonds. The van der Waals surface area contributed by atoms with Crippen molar-refractivity contribution in [2.45, 2.75) is 38.0 Å². The monoisotopic (exact) mass is 477 g/mol. The van der Waals surface area contributed by atoms with Gasteiger partial charge in [-0.1, -0.05) is 13.8 Å². The van der Waals surface area contributed by atoms with E-state index in [0.29, 0.717) is 25.3 Å². The number of alkyl halides is 3. The largest absolute Gasteiger partial charge is 0.431 e. The molecular weight excluding hydrogens is 458 g/mol. The summed E-state index contributed by atoms with van der Waals surface area (Å²) in [6, 6.07) is 4.55. The van der Waals surface area contributed by atoms with E-state index in [1.54, 1.807) is 13.8 Å². The van der Waals surface area contributed by atoms with Crippen molar-refractivity contribution in [3.63, 3.8) is 0 Å². The summed E-state index contributed by atoms with van der Waals surface area (Å²) in [7, 11) is -3.75. The van der Waals surface area contributed by atoms with Crippen molar-refractivity contribution in [2.24, 2.45) is 7.05 Å². The van der Waals surface area contributed by atoms with E-state index in [2.05, 4.69) is 4.37 Å². The normalized spacial score (nSPS) is 13.2. The number of benzene rings is 1. The van der Waals surface area contributed by atoms with E-state index in [9.17, 15) is 37.1 Å². The third-order valence-corrected chi connectivity index (χ3v) is 8.28. The maximum Gasteiger partial charge on any atom is 0.431 e. The third kappa shape index (κ3) is 3.67. The molecule has 3 aromatic rings. The van der Waals surface area contributed by atoms with Crippen LogP contribution in [0.4, 0.5) is 13.2 Å². The van der Waals surface area contributed by atoms with Gasteiger partial charge in [0.2, 0.25) is 0 Å². The summed E-state index contributed by atoms with van der Waals surface area (Å²) in [5.41, 5.74) is -3.65. The van der Waals surface area contributed by atoms with E-state index >= 15 is 0 Å². The van der Waals surface area contributed by atoms with E-state index in [0.717, 1.165) is 18.6 Å². The van der Waals surface area contributed by atoms with Crippen LogP contribution in [0.3, 0.4) is 0 Å². The predicted octanol–water partition coefficient (Wildman–Crippen LogP) is 3.36. The number of hydrogen-bond donors (Lipinski definition) is 2. The summed E-state index contributed by atoms with van der Waals surface area (Å²) < 4.78 is 57.3. The van der Waals surface area contributed by atoms with E-state index in [4.69, 9.17) is 0 Å². The quantitative estimate of drug-likeness (QED) is 0.545. The Morgan fingerprint density at radius 3 is 2.26 bits per heavy atom. The molecule has 31 heavy (non-hydrogen) atoms. The van der Waals surface area contributed by atoms with Gasteiger partial charge in [0.1, 0.15) is 10.9 Å². The summed E-state index contributed by atoms with van der Waals surface area (Å²) in [5, 5.41) is -1.25. The van der Waals surface area contributed by atoms with Crippen LogP contribution in [-0.2, 0) is 22.9 Å². The highest BCUT2D eigenvalue weighted by atomic mass is 32.1. The van der Waals surface area contributed by atoms with Gasteiger partial charge in [-0.2, -0.15) is 17.5 Å². The fourth-order valence-corrected chi connectivity index (χ4v) is 5.85. The van der Waals surface area contributed by atoms with Crippen molar-refractivity contribution in [3.8, 4) is 5.69 Å². The Morgan fingerprint density at radius 1 is 1.13 bits per heavy atom. The molecule has 168 valence electrons. The molecule has 0 bridgehead atoms. The summed E-state index contributed by atoms with van der Waals surface area (Å²) in [4.78, 5) is 45.0. The average molecular weight is 477 g/mol. The summed E-state index contributed by atoms with van der Waals surface area (Å²) in [6.45, 7) is 3.24. The van der Waals surface area contributed by atoms with Crippen LogP contribution < -0.4 is 11.2 Å². The minimum Gasteiger partial charge on any atom is -0.324 e. The Labute approximate surface area is 177 Å². The minimum absolute atomic E-state index is 0.0277. The molecule has 13 heteroatoms. The first-order valence-corrected chi connectivity index (χ1v) is 11.5. The van der Waals surface area contributed by atoms with Gasteiger partial charge in [-0.05, 0) is 42.6 Å². The smallest absolute Gasteiger partial charge is 0.324 e. The molecule has 0 aliphatic carbocycles. The Morgan fingerprint density at radius 2 is 1.74 bits per heavy atom. The zero-order chi connectivity index (χ0) is 23.4. The van der Waals surface area contributed by atoms with Gasteiger partial charge in [0, 0.05) is 18.5 Å². The van der Waals surface area contributed by atoms with E-state index in [-0.39, 0.29) is 24.2 Å². The van der Waals surface area contributed by atoms with Gasteiger partial charge in [0.05, 0.1) is 16.1 Å². The Bertz CT molecular complexity index is 1320. The van der Waals surface area contributed by atoms with Crippen LogP contribution in [0.25, 0.3) is 15.8 Å². The van der Waals surface area contributed by atoms with Crippen LogP contribution in [0.5, 0.6) is 0 Å². The molecule has 2 heterocycles. The summed E-state index contributed by atoms with van der Waals surface area (Å²) in [5.74, 6) is 0. The Balaban J connectivity index is 2.33. The van der Waals surface area contributed by atoms with Crippen LogP contribution in [0.15, 0.2) is 33.9 Å². The van der Waals surface area contributed by atoms with Gasteiger partial charge < -0.3 is 9.79 Å². The highest BCUT2D eigenvalue weighted by Crippen LogP contribution is 2.61. The van der Waals surface area contributed by atoms with Gasteiger partial charge >= 0.3 is 19.5 Å². The van der Waals surface area contributed by atoms with Gasteiger partial charge in [0.15, 0.2) is 0 Å². The molecule has 0 atom stereocenters. The SMILES string of the molecule is CCC(CC)(c1nsc2ccc(-n3c(=O)cc(C(F)(F)F)n(C)c3=O)cc12)P(=O)(O)O. The van der Waals surface area contributed by atoms with Crippen molar-refractivity contribution in [1.82, 2.24) is 13.5 Å². The molecule has 0 saturated carbocycles. The zero-order valence-electron chi connectivity index (χ0n) is 16.7. The first-order valence-electron chi connectivity index (χ1n) is 9.14. The topological polar surface area (TPSA) is 114 Å². The standard InChI is InChI=1S/C18H19F3N3O5PS/c1-4-17(5-2,30(27,28)29)15-11-8-10(6-7-12(11)31-22-15)24-14(25)9-13(18(19,20)21)23(3)16(24)26/h6-9H,4-5H2,1-3H3,(H2,27,28,29). The second-order valence-electron chi connectivity index (χ2n) is 7.04. The Kier molecular flexibility index (Phi) is 5.81. The van der Waals surface area contributed by atoms with Crippen molar-refractivity contribution in [3.05, 3.63) is 56.5 Å². The number of hydrogen-bond acceptors (Lipinski definition) is 5. The molecule has 0 saturated heterocycles. The second kappa shape index (κ2) is 7.70. The molecule has 0 unspecified atom stereocenters. The molecule has 0 aliphatic rings. The molecule has 0 radical (unpaired) electrons. The van der Waals surface area contributed by atoms with Crippen LogP contribution in [-0.4, -0.2) is 23.3 Å². The Hall–Kier alpha value is -2.27. The van der Waals surface area contributed by atoms with Gasteiger partial charge in [-0.3, -0.25) is 13.9 Å². The van der Waals surface area contributed by atoms with Crippen LogP contribution >= 0.6 is 19.1 Å². The first kappa shape index (κ1) is 23.4. The van der Waals surface area contributed by atoms with Gasteiger partial charge in [-0.15, -0.1) is 0 Å². The molecule has 0 aliphatic heterocycles. The number of rotatable bonds is 5. The predicted molar refractivity (Wildman–Crippen MR) is 110 cm³/mol. The summed E-state index contributed by atoms with van der Waals surface area (Å²) in [6.07, 6.45) is -4.72. The first-order chi connectivity index (χ1) is 14.3. The van der Waals surface area contributed by atoms with Crippen LogP contribution in [0.2, 0.25) is 0 Å². The van der Waals surface area contributed by atoms with Crippen molar-refractivity contribution in [2.75, 3.05) is 0 Å². The minimum atomic E-state index is -4.88. The second-order valence-corrected chi connectivity index (χ2v) is 9.79. The molecule has 3 rings (SSSR count). The number of halogens is 3. The highest BCUT2D eigenvalue weighted by Gasteiger charge is 2.48. The molecule has 8 nitrogen and oxygen atoms in total. The maximum atomic E-state index is 13.1. The fraction of sp³-hybridized carbons (Fsp3) is 0.389. The highest BCUT2D eigenvalue weighted by molar-refractivity contribution is 7.53. The number of fused-ring (bicyclic) bond motifs is 1. The molecule has 2 aromatic heterocycles. The molecule has 1 aromatic carbocycles. The van der Waals surface area contributed by atoms with Crippen LogP contribution in [0, 0.1) is 0 Å². The van der Waals surface area contributed by atoms with E-state index in [1.807, 2.05) is 0 Å². The maximum absolute atomic E-state index is 13.1. The molecule has 0 spiro atoms. The molecule has 2 N–H and O–H groups in total. The van der Waals surface area contributed by atoms with E-state index in [1.165, 1.54) is 18.2 Å². The summed E-state index contributed by atoms with van der Waals surface area (Å²) >= 11 is 0.996. The zero-order valence-corrected chi connectivity index (χ0v) is 18.4. The van der Waals surface area contributed by atoms with Crippen molar-refractivity contribution < 1.29 is 27.5 Å². The van der Waals surface area contributed by atoms with Gasteiger partial charge in [0.25, 0.3) is 5.56 Å². The lowest BCUT2D eigenvalue weighted by molar-refractivity contribution is -0.144. The van der Waals surface area contributed by atoms with Crippen molar-refractivity contribution in [1.29, 1.82) is 0 Å². The lowest BCUT2D eigenvalue weighted by atomic mass is 9.95. The van der Waals surface area contributed by atoms with Crippen LogP contribution in [0.1, 0.15) is 38.1 Å². The third-order valence-electron chi connectivity index (χ3n) is 5.49.